The molecule has 1 aliphatic heterocycles. The van der Waals surface area contributed by atoms with E-state index in [0.29, 0.717) is 0 Å². The molecule has 0 spiro atoms. The quantitative estimate of drug-likeness (QED) is 0.727. The molecule has 1 aliphatic rings. The molecular weight excluding hydrogens is 212 g/mol. The Bertz CT molecular complexity index is 237. The summed E-state index contributed by atoms with van der Waals surface area (Å²) in [6.07, 6.45) is 3.28. The van der Waals surface area contributed by atoms with E-state index in [1.54, 1.807) is 7.05 Å². The molecule has 0 unspecified atom stereocenters. The van der Waals surface area contributed by atoms with Crippen molar-refractivity contribution in [2.24, 2.45) is 0 Å². The molecule has 80 valence electrons. The number of halogens is 1. The van der Waals surface area contributed by atoms with E-state index in [2.05, 4.69) is 5.32 Å². The predicted molar refractivity (Wildman–Crippen MR) is 55.7 cm³/mol. The molecule has 0 aliphatic carbocycles. The van der Waals surface area contributed by atoms with Gasteiger partial charge in [-0.25, -0.2) is 12.7 Å². The number of piperidine rings is 1. The summed E-state index contributed by atoms with van der Waals surface area (Å²) in [6, 6.07) is 0.147. The van der Waals surface area contributed by atoms with Gasteiger partial charge in [0.1, 0.15) is 0 Å². The molecule has 0 saturated carbocycles. The van der Waals surface area contributed by atoms with Crippen molar-refractivity contribution in [1.29, 1.82) is 0 Å². The zero-order chi connectivity index (χ0) is 9.19. The minimum absolute atomic E-state index is 0. The average molecular weight is 229 g/mol. The molecule has 13 heavy (non-hydrogen) atoms. The van der Waals surface area contributed by atoms with Crippen LogP contribution >= 0.6 is 12.4 Å². The number of hydrogen-bond donors (Lipinski definition) is 1. The number of rotatable bonds is 2. The molecule has 0 amide bonds. The van der Waals surface area contributed by atoms with Crippen LogP contribution in [0.25, 0.3) is 0 Å². The number of nitrogens with one attached hydrogen (secondary N) is 1. The summed E-state index contributed by atoms with van der Waals surface area (Å²) >= 11 is 0. The van der Waals surface area contributed by atoms with Crippen LogP contribution < -0.4 is 5.32 Å². The van der Waals surface area contributed by atoms with E-state index in [1.807, 2.05) is 0 Å². The first-order valence-corrected chi connectivity index (χ1v) is 6.00. The van der Waals surface area contributed by atoms with Crippen molar-refractivity contribution in [3.05, 3.63) is 0 Å². The number of nitrogens with zero attached hydrogens (tertiary/aromatic N) is 1. The highest BCUT2D eigenvalue weighted by molar-refractivity contribution is 7.88. The van der Waals surface area contributed by atoms with Crippen LogP contribution in [-0.4, -0.2) is 45.2 Å². The third-order valence-corrected chi connectivity index (χ3v) is 3.65. The lowest BCUT2D eigenvalue weighted by Gasteiger charge is -2.29. The Labute approximate surface area is 86.1 Å². The summed E-state index contributed by atoms with van der Waals surface area (Å²) in [5.41, 5.74) is 0. The first-order chi connectivity index (χ1) is 5.52. The van der Waals surface area contributed by atoms with Crippen molar-refractivity contribution < 1.29 is 8.42 Å². The van der Waals surface area contributed by atoms with Crippen LogP contribution in [-0.2, 0) is 10.0 Å². The van der Waals surface area contributed by atoms with E-state index in [-0.39, 0.29) is 18.4 Å². The van der Waals surface area contributed by atoms with Gasteiger partial charge in [-0.05, 0) is 19.4 Å². The first kappa shape index (κ1) is 13.2. The highest BCUT2D eigenvalue weighted by atomic mass is 35.5. The molecular formula is C7H17ClN2O2S. The third kappa shape index (κ3) is 3.81. The van der Waals surface area contributed by atoms with E-state index < -0.39 is 10.0 Å². The highest BCUT2D eigenvalue weighted by Gasteiger charge is 2.23. The number of likely N-dealkylation sites (N-methyl/N-ethyl adjacent to an activating group) is 1. The lowest BCUT2D eigenvalue weighted by Crippen LogP contribution is -2.46. The van der Waals surface area contributed by atoms with Gasteiger partial charge in [0.05, 0.1) is 6.26 Å². The van der Waals surface area contributed by atoms with E-state index in [1.165, 1.54) is 10.6 Å². The highest BCUT2D eigenvalue weighted by Crippen LogP contribution is 2.10. The summed E-state index contributed by atoms with van der Waals surface area (Å²) in [7, 11) is -1.36. The van der Waals surface area contributed by atoms with Crippen molar-refractivity contribution >= 4 is 22.4 Å². The normalized spacial score (nSPS) is 24.1. The van der Waals surface area contributed by atoms with Crippen molar-refractivity contribution in [3.63, 3.8) is 0 Å². The SMILES string of the molecule is CN([C@@H]1CCCNC1)S(C)(=O)=O.Cl. The summed E-state index contributed by atoms with van der Waals surface area (Å²) in [5.74, 6) is 0. The molecule has 1 rings (SSSR count). The van der Waals surface area contributed by atoms with Crippen molar-refractivity contribution in [3.8, 4) is 0 Å². The molecule has 1 heterocycles. The average Bonchev–Trinajstić information content (AvgIpc) is 2.03. The maximum Gasteiger partial charge on any atom is 0.211 e. The second kappa shape index (κ2) is 5.14. The Morgan fingerprint density at radius 2 is 2.08 bits per heavy atom. The van der Waals surface area contributed by atoms with Gasteiger partial charge in [0.2, 0.25) is 10.0 Å². The Kier molecular flexibility index (Phi) is 5.21. The Balaban J connectivity index is 0.00000144. The van der Waals surface area contributed by atoms with Gasteiger partial charge in [0, 0.05) is 19.6 Å². The van der Waals surface area contributed by atoms with Crippen molar-refractivity contribution in [1.82, 2.24) is 9.62 Å². The molecule has 4 nitrogen and oxygen atoms in total. The molecule has 6 heteroatoms. The van der Waals surface area contributed by atoms with Gasteiger partial charge >= 0.3 is 0 Å². The minimum Gasteiger partial charge on any atom is -0.315 e. The molecule has 0 aromatic carbocycles. The van der Waals surface area contributed by atoms with Gasteiger partial charge in [0.25, 0.3) is 0 Å². The van der Waals surface area contributed by atoms with Crippen molar-refractivity contribution in [2.75, 3.05) is 26.4 Å². The van der Waals surface area contributed by atoms with Crippen LogP contribution in [0.3, 0.4) is 0 Å². The van der Waals surface area contributed by atoms with Crippen LogP contribution in [0, 0.1) is 0 Å². The molecule has 0 radical (unpaired) electrons. The smallest absolute Gasteiger partial charge is 0.211 e. The Hall–Kier alpha value is 0.160. The van der Waals surface area contributed by atoms with Gasteiger partial charge in [-0.1, -0.05) is 0 Å². The maximum absolute atomic E-state index is 11.1. The van der Waals surface area contributed by atoms with E-state index >= 15 is 0 Å². The van der Waals surface area contributed by atoms with Gasteiger partial charge in [-0.2, -0.15) is 0 Å². The fraction of sp³-hybridized carbons (Fsp3) is 1.00. The summed E-state index contributed by atoms with van der Waals surface area (Å²) in [4.78, 5) is 0. The zero-order valence-electron chi connectivity index (χ0n) is 7.99. The lowest BCUT2D eigenvalue weighted by molar-refractivity contribution is 0.301. The van der Waals surface area contributed by atoms with Crippen LogP contribution in [0.5, 0.6) is 0 Å². The molecule has 0 aromatic heterocycles. The standard InChI is InChI=1S/C7H16N2O2S.ClH/c1-9(12(2,10)11)7-4-3-5-8-6-7;/h7-8H,3-6H2,1-2H3;1H/t7-;/m1./s1. The molecule has 0 bridgehead atoms. The van der Waals surface area contributed by atoms with Crippen LogP contribution in [0.15, 0.2) is 0 Å². The lowest BCUT2D eigenvalue weighted by atomic mass is 10.1. The number of hydrogen-bond acceptors (Lipinski definition) is 3. The predicted octanol–water partition coefficient (Wildman–Crippen LogP) is 0.0516. The maximum atomic E-state index is 11.1. The largest absolute Gasteiger partial charge is 0.315 e. The molecule has 1 N–H and O–H groups in total. The van der Waals surface area contributed by atoms with E-state index in [9.17, 15) is 8.42 Å². The molecule has 1 saturated heterocycles. The van der Waals surface area contributed by atoms with Gasteiger partial charge < -0.3 is 5.32 Å². The summed E-state index contributed by atoms with van der Waals surface area (Å²) in [6.45, 7) is 1.79. The summed E-state index contributed by atoms with van der Waals surface area (Å²) < 4.78 is 23.7. The molecule has 1 atom stereocenters. The van der Waals surface area contributed by atoms with E-state index in [4.69, 9.17) is 0 Å². The van der Waals surface area contributed by atoms with Gasteiger partial charge in [0.15, 0.2) is 0 Å². The zero-order valence-corrected chi connectivity index (χ0v) is 9.62. The van der Waals surface area contributed by atoms with Gasteiger partial charge in [-0.3, -0.25) is 0 Å². The fourth-order valence-corrected chi connectivity index (χ4v) is 2.14. The fourth-order valence-electron chi connectivity index (χ4n) is 1.41. The Morgan fingerprint density at radius 3 is 2.46 bits per heavy atom. The first-order valence-electron chi connectivity index (χ1n) is 4.15. The Morgan fingerprint density at radius 1 is 1.46 bits per heavy atom. The van der Waals surface area contributed by atoms with Crippen LogP contribution in [0.4, 0.5) is 0 Å². The van der Waals surface area contributed by atoms with Gasteiger partial charge in [-0.15, -0.1) is 12.4 Å². The summed E-state index contributed by atoms with van der Waals surface area (Å²) in [5, 5.41) is 3.18. The monoisotopic (exact) mass is 228 g/mol. The molecule has 1 fully saturated rings. The minimum atomic E-state index is -3.01. The van der Waals surface area contributed by atoms with Crippen LogP contribution in [0.2, 0.25) is 0 Å². The number of sulfonamides is 1. The van der Waals surface area contributed by atoms with Crippen molar-refractivity contribution in [2.45, 2.75) is 18.9 Å². The second-order valence-corrected chi connectivity index (χ2v) is 5.32. The molecule has 0 aromatic rings. The van der Waals surface area contributed by atoms with E-state index in [0.717, 1.165) is 25.9 Å². The third-order valence-electron chi connectivity index (χ3n) is 2.31. The second-order valence-electron chi connectivity index (χ2n) is 3.28. The van der Waals surface area contributed by atoms with Crippen LogP contribution in [0.1, 0.15) is 12.8 Å². The topological polar surface area (TPSA) is 49.4 Å².